The topological polar surface area (TPSA) is 115 Å². The first-order valence-electron chi connectivity index (χ1n) is 5.93. The van der Waals surface area contributed by atoms with Gasteiger partial charge in [0.2, 0.25) is 0 Å². The van der Waals surface area contributed by atoms with Crippen LogP contribution in [0.15, 0.2) is 47.4 Å². The van der Waals surface area contributed by atoms with Crippen molar-refractivity contribution in [3.05, 3.63) is 58.1 Å². The smallest absolute Gasteiger partial charge is 0.270 e. The lowest BCUT2D eigenvalue weighted by atomic mass is 10.2. The first kappa shape index (κ1) is 14.8. The van der Waals surface area contributed by atoms with Crippen molar-refractivity contribution in [2.75, 3.05) is 10.5 Å². The maximum absolute atomic E-state index is 12.3. The van der Waals surface area contributed by atoms with E-state index in [2.05, 4.69) is 4.72 Å². The molecule has 0 fully saturated rings. The van der Waals surface area contributed by atoms with E-state index in [1.165, 1.54) is 6.07 Å². The van der Waals surface area contributed by atoms with Crippen LogP contribution >= 0.6 is 0 Å². The van der Waals surface area contributed by atoms with Crippen LogP contribution in [0, 0.1) is 17.0 Å². The molecule has 0 amide bonds. The second kappa shape index (κ2) is 5.41. The van der Waals surface area contributed by atoms with Crippen molar-refractivity contribution in [2.24, 2.45) is 0 Å². The largest absolute Gasteiger partial charge is 0.398 e. The number of benzene rings is 2. The zero-order chi connectivity index (χ0) is 15.6. The fourth-order valence-electron chi connectivity index (χ4n) is 1.76. The number of hydrogen-bond acceptors (Lipinski definition) is 5. The Kier molecular flexibility index (Phi) is 3.81. The summed E-state index contributed by atoms with van der Waals surface area (Å²) in [6.07, 6.45) is 0. The van der Waals surface area contributed by atoms with Gasteiger partial charge >= 0.3 is 0 Å². The van der Waals surface area contributed by atoms with Gasteiger partial charge in [0, 0.05) is 12.1 Å². The Morgan fingerprint density at radius 3 is 2.48 bits per heavy atom. The maximum Gasteiger partial charge on any atom is 0.270 e. The van der Waals surface area contributed by atoms with E-state index in [1.807, 2.05) is 0 Å². The normalized spacial score (nSPS) is 11.1. The Morgan fingerprint density at radius 2 is 1.86 bits per heavy atom. The summed E-state index contributed by atoms with van der Waals surface area (Å²) in [6, 6.07) is 10.1. The highest BCUT2D eigenvalue weighted by Gasteiger charge is 2.21. The van der Waals surface area contributed by atoms with Crippen molar-refractivity contribution >= 4 is 27.1 Å². The maximum atomic E-state index is 12.3. The molecule has 0 heterocycles. The number of para-hydroxylation sites is 1. The fourth-order valence-corrected chi connectivity index (χ4v) is 3.04. The van der Waals surface area contributed by atoms with Gasteiger partial charge in [-0.15, -0.1) is 0 Å². The minimum absolute atomic E-state index is 0.0540. The van der Waals surface area contributed by atoms with Crippen LogP contribution in [-0.2, 0) is 10.0 Å². The minimum atomic E-state index is -4.00. The van der Waals surface area contributed by atoms with E-state index in [9.17, 15) is 18.5 Å². The van der Waals surface area contributed by atoms with E-state index >= 15 is 0 Å². The first-order chi connectivity index (χ1) is 9.81. The highest BCUT2D eigenvalue weighted by Crippen LogP contribution is 2.26. The molecule has 3 N–H and O–H groups in total. The number of nitro benzene ring substituents is 1. The standard InChI is InChI=1S/C13H13N3O4S/c1-9-4-2-3-5-12(9)15-21(19,20)13-8-10(16(17)18)6-7-11(13)14/h2-8,15H,14H2,1H3. The average Bonchev–Trinajstić information content (AvgIpc) is 2.41. The van der Waals surface area contributed by atoms with Gasteiger partial charge in [0.15, 0.2) is 0 Å². The number of nitrogens with one attached hydrogen (secondary N) is 1. The average molecular weight is 307 g/mol. The predicted octanol–water partition coefficient (Wildman–Crippen LogP) is 2.29. The number of hydrogen-bond donors (Lipinski definition) is 2. The minimum Gasteiger partial charge on any atom is -0.398 e. The lowest BCUT2D eigenvalue weighted by molar-refractivity contribution is -0.385. The Balaban J connectivity index is 2.47. The van der Waals surface area contributed by atoms with Gasteiger partial charge in [-0.05, 0) is 24.6 Å². The molecule has 0 radical (unpaired) electrons. The molecule has 0 spiro atoms. The molecule has 0 bridgehead atoms. The van der Waals surface area contributed by atoms with Crippen LogP contribution in [0.1, 0.15) is 5.56 Å². The summed E-state index contributed by atoms with van der Waals surface area (Å²) < 4.78 is 27.1. The van der Waals surface area contributed by atoms with Gasteiger partial charge in [0.05, 0.1) is 16.3 Å². The van der Waals surface area contributed by atoms with Crippen LogP contribution in [0.25, 0.3) is 0 Å². The van der Waals surface area contributed by atoms with Crippen LogP contribution in [0.3, 0.4) is 0 Å². The molecule has 8 heteroatoms. The van der Waals surface area contributed by atoms with Gasteiger partial charge in [-0.25, -0.2) is 8.42 Å². The molecule has 0 saturated carbocycles. The molecule has 0 aliphatic rings. The van der Waals surface area contributed by atoms with Crippen molar-refractivity contribution < 1.29 is 13.3 Å². The van der Waals surface area contributed by atoms with E-state index in [4.69, 9.17) is 5.73 Å². The number of nitrogen functional groups attached to an aromatic ring is 1. The van der Waals surface area contributed by atoms with Gasteiger partial charge in [-0.2, -0.15) is 0 Å². The monoisotopic (exact) mass is 307 g/mol. The van der Waals surface area contributed by atoms with Crippen LogP contribution in [0.2, 0.25) is 0 Å². The summed E-state index contributed by atoms with van der Waals surface area (Å²) in [4.78, 5) is 9.76. The number of nitrogens with two attached hydrogens (primary N) is 1. The molecule has 0 unspecified atom stereocenters. The van der Waals surface area contributed by atoms with E-state index in [0.29, 0.717) is 5.69 Å². The van der Waals surface area contributed by atoms with Crippen molar-refractivity contribution in [1.82, 2.24) is 0 Å². The van der Waals surface area contributed by atoms with E-state index in [-0.39, 0.29) is 16.3 Å². The quantitative estimate of drug-likeness (QED) is 0.511. The summed E-state index contributed by atoms with van der Waals surface area (Å²) in [5.74, 6) is 0. The summed E-state index contributed by atoms with van der Waals surface area (Å²) in [5, 5.41) is 10.8. The van der Waals surface area contributed by atoms with Crippen molar-refractivity contribution in [3.8, 4) is 0 Å². The Bertz CT molecular complexity index is 803. The van der Waals surface area contributed by atoms with Gasteiger partial charge in [0.1, 0.15) is 4.90 Å². The number of non-ortho nitro benzene ring substituents is 1. The molecule has 2 aromatic carbocycles. The van der Waals surface area contributed by atoms with Crippen molar-refractivity contribution in [1.29, 1.82) is 0 Å². The molecular formula is C13H13N3O4S. The number of aryl methyl sites for hydroxylation is 1. The fraction of sp³-hybridized carbons (Fsp3) is 0.0769. The third-order valence-electron chi connectivity index (χ3n) is 2.89. The molecule has 2 aromatic rings. The third kappa shape index (κ3) is 3.11. The van der Waals surface area contributed by atoms with Crippen molar-refractivity contribution in [3.63, 3.8) is 0 Å². The number of rotatable bonds is 4. The van der Waals surface area contributed by atoms with Crippen LogP contribution < -0.4 is 10.5 Å². The first-order valence-corrected chi connectivity index (χ1v) is 7.42. The van der Waals surface area contributed by atoms with Gasteiger partial charge < -0.3 is 5.73 Å². The Labute approximate surface area is 121 Å². The third-order valence-corrected chi connectivity index (χ3v) is 4.31. The van der Waals surface area contributed by atoms with Crippen LogP contribution in [0.4, 0.5) is 17.1 Å². The van der Waals surface area contributed by atoms with E-state index < -0.39 is 14.9 Å². The molecule has 7 nitrogen and oxygen atoms in total. The highest BCUT2D eigenvalue weighted by molar-refractivity contribution is 7.92. The molecule has 110 valence electrons. The molecule has 0 atom stereocenters. The molecule has 0 saturated heterocycles. The molecule has 0 aliphatic heterocycles. The van der Waals surface area contributed by atoms with Crippen LogP contribution in [-0.4, -0.2) is 13.3 Å². The number of sulfonamides is 1. The summed E-state index contributed by atoms with van der Waals surface area (Å²) in [6.45, 7) is 1.74. The second-order valence-corrected chi connectivity index (χ2v) is 6.05. The zero-order valence-corrected chi connectivity index (χ0v) is 11.9. The molecule has 21 heavy (non-hydrogen) atoms. The number of nitrogens with zero attached hydrogens (tertiary/aromatic N) is 1. The van der Waals surface area contributed by atoms with E-state index in [1.54, 1.807) is 31.2 Å². The number of nitro groups is 1. The summed E-state index contributed by atoms with van der Waals surface area (Å²) >= 11 is 0. The molecule has 2 rings (SSSR count). The Morgan fingerprint density at radius 1 is 1.19 bits per heavy atom. The number of anilines is 2. The molecular weight excluding hydrogens is 294 g/mol. The molecule has 0 aromatic heterocycles. The van der Waals surface area contributed by atoms with Gasteiger partial charge in [-0.1, -0.05) is 18.2 Å². The second-order valence-electron chi connectivity index (χ2n) is 4.40. The van der Waals surface area contributed by atoms with Gasteiger partial charge in [0.25, 0.3) is 15.7 Å². The summed E-state index contributed by atoms with van der Waals surface area (Å²) in [5.41, 5.74) is 6.35. The lowest BCUT2D eigenvalue weighted by Crippen LogP contribution is -2.15. The molecule has 0 aliphatic carbocycles. The zero-order valence-electron chi connectivity index (χ0n) is 11.1. The van der Waals surface area contributed by atoms with Gasteiger partial charge in [-0.3, -0.25) is 14.8 Å². The summed E-state index contributed by atoms with van der Waals surface area (Å²) in [7, 11) is -4.00. The lowest BCUT2D eigenvalue weighted by Gasteiger charge is -2.11. The predicted molar refractivity (Wildman–Crippen MR) is 79.5 cm³/mol. The van der Waals surface area contributed by atoms with Crippen molar-refractivity contribution in [2.45, 2.75) is 11.8 Å². The van der Waals surface area contributed by atoms with E-state index in [0.717, 1.165) is 17.7 Å². The highest BCUT2D eigenvalue weighted by atomic mass is 32.2. The van der Waals surface area contributed by atoms with Crippen LogP contribution in [0.5, 0.6) is 0 Å². The SMILES string of the molecule is Cc1ccccc1NS(=O)(=O)c1cc([N+](=O)[O-])ccc1N. The Hall–Kier alpha value is -2.61.